The number of phenolic OH excluding ortho intramolecular Hbond substituents is 2. The molecular formula is C36H54N2O6. The molecule has 2 aromatic rings. The van der Waals surface area contributed by atoms with Crippen LogP contribution in [-0.2, 0) is 12.8 Å². The van der Waals surface area contributed by atoms with E-state index in [1.54, 1.807) is 14.2 Å². The van der Waals surface area contributed by atoms with E-state index >= 15 is 0 Å². The number of nitrogens with zero attached hydrogens (tertiary/aromatic N) is 2. The summed E-state index contributed by atoms with van der Waals surface area (Å²) in [6, 6.07) is 8.07. The first-order valence-corrected chi connectivity index (χ1v) is 16.6. The van der Waals surface area contributed by atoms with Gasteiger partial charge in [0.15, 0.2) is 23.0 Å². The molecular weight excluding hydrogens is 556 g/mol. The summed E-state index contributed by atoms with van der Waals surface area (Å²) in [6.45, 7) is 12.8. The maximum Gasteiger partial charge on any atom is 0.160 e. The third kappa shape index (κ3) is 6.99. The van der Waals surface area contributed by atoms with Crippen LogP contribution in [0.15, 0.2) is 24.3 Å². The van der Waals surface area contributed by atoms with Crippen LogP contribution >= 0.6 is 0 Å². The lowest BCUT2D eigenvalue weighted by Gasteiger charge is -2.46. The lowest BCUT2D eigenvalue weighted by atomic mass is 9.79. The van der Waals surface area contributed by atoms with Gasteiger partial charge in [0.2, 0.25) is 0 Å². The van der Waals surface area contributed by atoms with Crippen LogP contribution in [-0.4, -0.2) is 82.8 Å². The van der Waals surface area contributed by atoms with Gasteiger partial charge in [-0.2, -0.15) is 0 Å². The van der Waals surface area contributed by atoms with Gasteiger partial charge in [0.05, 0.1) is 26.4 Å². The number of piperidine rings is 2. The molecule has 2 aromatic carbocycles. The topological polar surface area (TPSA) is 106 Å². The van der Waals surface area contributed by atoms with Gasteiger partial charge in [-0.3, -0.25) is 9.80 Å². The summed E-state index contributed by atoms with van der Waals surface area (Å²) in [5, 5.41) is 41.0. The Morgan fingerprint density at radius 1 is 0.682 bits per heavy atom. The van der Waals surface area contributed by atoms with Gasteiger partial charge in [-0.05, 0) is 109 Å². The molecule has 4 N–H and O–H groups in total. The SMILES string of the molecule is COc1cc2c(cc1O)CCN1C[C@@H](CC(C)C)[C@@H](O)C[C@@H]21.COc1cc2c(cc1O)CCN1C[C@H](CC(C)C)[C@H](O)C[C@H]21. The first kappa shape index (κ1) is 32.9. The van der Waals surface area contributed by atoms with Crippen molar-refractivity contribution >= 4 is 0 Å². The average Bonchev–Trinajstić information content (AvgIpc) is 2.97. The van der Waals surface area contributed by atoms with E-state index < -0.39 is 0 Å². The minimum absolute atomic E-state index is 0.212. The van der Waals surface area contributed by atoms with Crippen LogP contribution in [0.4, 0.5) is 0 Å². The van der Waals surface area contributed by atoms with E-state index in [1.807, 2.05) is 24.3 Å². The van der Waals surface area contributed by atoms with Crippen molar-refractivity contribution in [2.45, 2.75) is 90.5 Å². The number of methoxy groups -OCH3 is 2. The Hall–Kier alpha value is -2.52. The molecule has 0 radical (unpaired) electrons. The second kappa shape index (κ2) is 13.9. The number of ether oxygens (including phenoxy) is 2. The second-order valence-corrected chi connectivity index (χ2v) is 14.4. The van der Waals surface area contributed by atoms with E-state index in [9.17, 15) is 20.4 Å². The van der Waals surface area contributed by atoms with Crippen LogP contribution in [0.1, 0.15) is 87.7 Å². The Morgan fingerprint density at radius 2 is 1.07 bits per heavy atom. The monoisotopic (exact) mass is 610 g/mol. The zero-order chi connectivity index (χ0) is 31.7. The van der Waals surface area contributed by atoms with Gasteiger partial charge in [-0.15, -0.1) is 0 Å². The van der Waals surface area contributed by atoms with E-state index in [0.717, 1.165) is 64.7 Å². The lowest BCUT2D eigenvalue weighted by molar-refractivity contribution is -0.0192. The molecule has 0 unspecified atom stereocenters. The largest absolute Gasteiger partial charge is 0.504 e. The summed E-state index contributed by atoms with van der Waals surface area (Å²) in [6.07, 6.45) is 5.13. The Kier molecular flexibility index (Phi) is 10.3. The summed E-state index contributed by atoms with van der Waals surface area (Å²) < 4.78 is 10.5. The molecule has 0 amide bonds. The van der Waals surface area contributed by atoms with Crippen LogP contribution in [0.5, 0.6) is 23.0 Å². The van der Waals surface area contributed by atoms with E-state index in [4.69, 9.17) is 9.47 Å². The van der Waals surface area contributed by atoms with Crippen molar-refractivity contribution in [2.75, 3.05) is 40.4 Å². The fourth-order valence-electron chi connectivity index (χ4n) is 8.22. The fraction of sp³-hybridized carbons (Fsp3) is 0.667. The maximum absolute atomic E-state index is 10.6. The van der Waals surface area contributed by atoms with Crippen molar-refractivity contribution < 1.29 is 29.9 Å². The fourth-order valence-corrected chi connectivity index (χ4v) is 8.22. The predicted molar refractivity (Wildman–Crippen MR) is 172 cm³/mol. The van der Waals surface area contributed by atoms with Crippen molar-refractivity contribution in [3.05, 3.63) is 46.5 Å². The molecule has 2 saturated heterocycles. The molecule has 8 heteroatoms. The van der Waals surface area contributed by atoms with E-state index in [1.165, 1.54) is 22.3 Å². The van der Waals surface area contributed by atoms with Gasteiger partial charge in [0.25, 0.3) is 0 Å². The highest BCUT2D eigenvalue weighted by Gasteiger charge is 2.40. The van der Waals surface area contributed by atoms with E-state index in [2.05, 4.69) is 37.5 Å². The number of phenols is 2. The number of aliphatic hydroxyl groups is 2. The zero-order valence-corrected chi connectivity index (χ0v) is 27.5. The number of aliphatic hydroxyl groups excluding tert-OH is 2. The molecule has 6 rings (SSSR count). The van der Waals surface area contributed by atoms with Crippen molar-refractivity contribution in [3.8, 4) is 23.0 Å². The number of fused-ring (bicyclic) bond motifs is 6. The van der Waals surface area contributed by atoms with Crippen molar-refractivity contribution in [1.29, 1.82) is 0 Å². The number of benzene rings is 2. The first-order chi connectivity index (χ1) is 21.0. The molecule has 0 bridgehead atoms. The van der Waals surface area contributed by atoms with Gasteiger partial charge in [0, 0.05) is 38.3 Å². The van der Waals surface area contributed by atoms with Gasteiger partial charge in [-0.25, -0.2) is 0 Å². The minimum Gasteiger partial charge on any atom is -0.504 e. The minimum atomic E-state index is -0.241. The van der Waals surface area contributed by atoms with Gasteiger partial charge < -0.3 is 29.9 Å². The van der Waals surface area contributed by atoms with Crippen LogP contribution in [0.25, 0.3) is 0 Å². The maximum atomic E-state index is 10.6. The normalized spacial score (nSPS) is 28.3. The molecule has 8 nitrogen and oxygen atoms in total. The quantitative estimate of drug-likeness (QED) is 0.342. The first-order valence-electron chi connectivity index (χ1n) is 16.6. The van der Waals surface area contributed by atoms with Crippen molar-refractivity contribution in [3.63, 3.8) is 0 Å². The van der Waals surface area contributed by atoms with Crippen LogP contribution in [0.3, 0.4) is 0 Å². The van der Waals surface area contributed by atoms with Crippen LogP contribution in [0.2, 0.25) is 0 Å². The molecule has 44 heavy (non-hydrogen) atoms. The number of hydrogen-bond acceptors (Lipinski definition) is 8. The highest BCUT2D eigenvalue weighted by atomic mass is 16.5. The van der Waals surface area contributed by atoms with E-state index in [0.29, 0.717) is 35.2 Å². The lowest BCUT2D eigenvalue weighted by Crippen LogP contribution is -2.48. The third-order valence-electron chi connectivity index (χ3n) is 10.3. The summed E-state index contributed by atoms with van der Waals surface area (Å²) in [5.41, 5.74) is 4.80. The Morgan fingerprint density at radius 3 is 1.41 bits per heavy atom. The molecule has 0 spiro atoms. The molecule has 0 saturated carbocycles. The van der Waals surface area contributed by atoms with Crippen molar-refractivity contribution in [1.82, 2.24) is 9.80 Å². The summed E-state index contributed by atoms with van der Waals surface area (Å²) in [4.78, 5) is 5.00. The molecule has 0 aliphatic carbocycles. The van der Waals surface area contributed by atoms with Crippen molar-refractivity contribution in [2.24, 2.45) is 23.7 Å². The summed E-state index contributed by atoms with van der Waals surface area (Å²) in [7, 11) is 3.16. The smallest absolute Gasteiger partial charge is 0.160 e. The van der Waals surface area contributed by atoms with Crippen LogP contribution in [0, 0.1) is 23.7 Å². The Labute approximate surface area is 263 Å². The predicted octanol–water partition coefficient (Wildman–Crippen LogP) is 5.45. The molecule has 4 aliphatic rings. The van der Waals surface area contributed by atoms with Gasteiger partial charge in [-0.1, -0.05) is 27.7 Å². The van der Waals surface area contributed by atoms with Crippen LogP contribution < -0.4 is 9.47 Å². The molecule has 2 fully saturated rings. The molecule has 0 aromatic heterocycles. The Balaban J connectivity index is 0.000000175. The summed E-state index contributed by atoms with van der Waals surface area (Å²) in [5.74, 6) is 3.45. The second-order valence-electron chi connectivity index (χ2n) is 14.4. The zero-order valence-electron chi connectivity index (χ0n) is 27.5. The molecule has 244 valence electrons. The molecule has 6 atom stereocenters. The number of rotatable bonds is 6. The molecule has 4 aliphatic heterocycles. The van der Waals surface area contributed by atoms with Gasteiger partial charge >= 0.3 is 0 Å². The highest BCUT2D eigenvalue weighted by Crippen LogP contribution is 2.45. The summed E-state index contributed by atoms with van der Waals surface area (Å²) >= 11 is 0. The van der Waals surface area contributed by atoms with Gasteiger partial charge in [0.1, 0.15) is 0 Å². The number of hydrogen-bond donors (Lipinski definition) is 4. The average molecular weight is 611 g/mol. The van der Waals surface area contributed by atoms with E-state index in [-0.39, 0.29) is 35.8 Å². The molecule has 4 heterocycles. The highest BCUT2D eigenvalue weighted by molar-refractivity contribution is 5.50. The third-order valence-corrected chi connectivity index (χ3v) is 10.3. The standard InChI is InChI=1S/2C18H27NO3/c2*1-11(2)6-13-10-19-5-4-12-7-17(21)18(22-3)8-14(12)15(19)9-16(13)20/h2*7-8,11,13,15-16,20-21H,4-6,9-10H2,1-3H3/t2*13-,15+,16+/m10/s1. The Bertz CT molecular complexity index is 1180. The number of aromatic hydroxyl groups is 2.